The van der Waals surface area contributed by atoms with Gasteiger partial charge in [0.25, 0.3) is 0 Å². The molecular weight excluding hydrogens is 188 g/mol. The van der Waals surface area contributed by atoms with Crippen LogP contribution in [0.25, 0.3) is 0 Å². The van der Waals surface area contributed by atoms with Crippen LogP contribution >= 0.6 is 0 Å². The average molecular weight is 210 g/mol. The number of rotatable bonds is 0. The van der Waals surface area contributed by atoms with Crippen molar-refractivity contribution in [1.82, 2.24) is 0 Å². The van der Waals surface area contributed by atoms with Gasteiger partial charge in [-0.1, -0.05) is 0 Å². The molecule has 0 aromatic carbocycles. The van der Waals surface area contributed by atoms with E-state index in [0.29, 0.717) is 0 Å². The second-order valence-electron chi connectivity index (χ2n) is 1.70. The number of hydrogen-bond donors (Lipinski definition) is 1. The highest BCUT2D eigenvalue weighted by atomic mass is 16.4. The van der Waals surface area contributed by atoms with Gasteiger partial charge in [0.1, 0.15) is 0 Å². The van der Waals surface area contributed by atoms with E-state index in [-0.39, 0.29) is 14.3 Å². The Kier molecular flexibility index (Phi) is 7.04. The predicted molar refractivity (Wildman–Crippen MR) is 76.5 cm³/mol. The van der Waals surface area contributed by atoms with E-state index in [1.165, 1.54) is 0 Å². The Morgan fingerprint density at radius 3 is 1.67 bits per heavy atom. The van der Waals surface area contributed by atoms with Crippen LogP contribution in [0.3, 0.4) is 0 Å². The summed E-state index contributed by atoms with van der Waals surface area (Å²) < 4.78 is 0. The molecule has 0 unspecified atom stereocenters. The van der Waals surface area contributed by atoms with Gasteiger partial charge >= 0.3 is 5.97 Å². The molecule has 0 aliphatic heterocycles. The molecule has 0 rings (SSSR count). The average Bonchev–Trinajstić information content (AvgIpc) is 2.20. The number of terminal acetylenes is 1. The first-order valence-corrected chi connectivity index (χ1v) is 3.47. The summed E-state index contributed by atoms with van der Waals surface area (Å²) in [6, 6.07) is 0. The molecule has 1 N–H and O–H groups in total. The highest BCUT2D eigenvalue weighted by Gasteiger charge is 1.78. The third kappa shape index (κ3) is 10.8. The molecule has 0 aliphatic carbocycles. The van der Waals surface area contributed by atoms with Gasteiger partial charge < -0.3 is 5.11 Å². The quantitative estimate of drug-likeness (QED) is 0.622. The van der Waals surface area contributed by atoms with Crippen molar-refractivity contribution in [3.8, 4) is 71.5 Å². The first-order chi connectivity index (χ1) is 7.27. The summed E-state index contributed by atoms with van der Waals surface area (Å²) in [7, 11) is 0. The van der Waals surface area contributed by atoms with Gasteiger partial charge in [0.15, 0.2) is 0 Å². The second kappa shape index (κ2) is 8.92. The molecule has 2 nitrogen and oxygen atoms in total. The van der Waals surface area contributed by atoms with E-state index in [0.717, 1.165) is 0 Å². The third-order valence-electron chi connectivity index (χ3n) is 0.742. The molecule has 0 heterocycles. The van der Waals surface area contributed by atoms with Crippen molar-refractivity contribution in [2.24, 2.45) is 0 Å². The largest absolute Gasteiger partial charge is 0.472 e. The van der Waals surface area contributed by atoms with Crippen LogP contribution in [-0.2, 0) is 4.79 Å². The van der Waals surface area contributed by atoms with Crippen LogP contribution in [0.4, 0.5) is 0 Å². The van der Waals surface area contributed by atoms with Crippen molar-refractivity contribution in [1.29, 1.82) is 0 Å². The molecule has 0 amide bonds. The number of carboxylic acid groups (broad SMARTS) is 1. The first-order valence-electron chi connectivity index (χ1n) is 3.47. The molecular formula is C13H22O2. The molecule has 0 atom stereocenters. The number of hydrogen-bond acceptors (Lipinski definition) is 1. The van der Waals surface area contributed by atoms with Crippen LogP contribution in [-0.4, -0.2) is 11.1 Å². The lowest BCUT2D eigenvalue weighted by Gasteiger charge is -1.63. The lowest BCUT2D eigenvalue weighted by molar-refractivity contribution is -0.130. The summed E-state index contributed by atoms with van der Waals surface area (Å²) in [5.41, 5.74) is 0. The first kappa shape index (κ1) is 11.8. The van der Waals surface area contributed by atoms with Gasteiger partial charge in [-0.3, -0.25) is 0 Å². The molecule has 86 valence electrons. The Morgan fingerprint density at radius 2 is 1.27 bits per heavy atom. The smallest absolute Gasteiger partial charge is 0.382 e. The molecule has 0 radical (unpaired) electrons. The van der Waals surface area contributed by atoms with Crippen LogP contribution in [0.5, 0.6) is 0 Å². The molecule has 0 aromatic rings. The Balaban J connectivity index is -0.0000000218. The zero-order valence-electron chi connectivity index (χ0n) is 7.43. The van der Waals surface area contributed by atoms with Crippen molar-refractivity contribution in [3.05, 3.63) is 0 Å². The monoisotopic (exact) mass is 210 g/mol. The van der Waals surface area contributed by atoms with E-state index in [9.17, 15) is 4.79 Å². The van der Waals surface area contributed by atoms with Crippen molar-refractivity contribution in [2.75, 3.05) is 0 Å². The predicted octanol–water partition coefficient (Wildman–Crippen LogP) is 2.18. The third-order valence-corrected chi connectivity index (χ3v) is 0.742. The summed E-state index contributed by atoms with van der Waals surface area (Å²) in [6.45, 7) is 0. The summed E-state index contributed by atoms with van der Waals surface area (Å²) in [5.74, 6) is 23.3. The molecule has 0 saturated heterocycles. The molecule has 2 heteroatoms. The molecule has 0 aromatic heterocycles. The normalized spacial score (nSPS) is 4.47. The van der Waals surface area contributed by atoms with Crippen LogP contribution in [0.2, 0.25) is 0 Å². The topological polar surface area (TPSA) is 37.3 Å². The minimum Gasteiger partial charge on any atom is -0.472 e. The number of carboxylic acids is 1. The van der Waals surface area contributed by atoms with Crippen molar-refractivity contribution < 1.29 is 24.2 Å². The molecule has 15 heavy (non-hydrogen) atoms. The lowest BCUT2D eigenvalue weighted by Crippen LogP contribution is -1.85. The summed E-state index contributed by atoms with van der Waals surface area (Å²) >= 11 is 0. The number of aliphatic carboxylic acids is 1. The van der Waals surface area contributed by atoms with E-state index in [2.05, 4.69) is 59.2 Å². The maximum absolute atomic E-state index is 9.90. The summed E-state index contributed by atoms with van der Waals surface area (Å²) in [6.07, 6.45) is 4.84. The lowest BCUT2D eigenvalue weighted by atomic mass is 10.5. The van der Waals surface area contributed by atoms with Crippen LogP contribution in [0.1, 0.15) is 14.3 Å². The Bertz CT molecular complexity index is 613. The van der Waals surface area contributed by atoms with Crippen LogP contribution < -0.4 is 0 Å². The highest BCUT2D eigenvalue weighted by molar-refractivity contribution is 5.87. The van der Waals surface area contributed by atoms with Gasteiger partial charge in [-0.25, -0.2) is 4.79 Å². The minimum atomic E-state index is -1.23. The van der Waals surface area contributed by atoms with Gasteiger partial charge in [-0.15, -0.1) is 6.42 Å². The van der Waals surface area contributed by atoms with Crippen LogP contribution in [0.15, 0.2) is 0 Å². The molecule has 0 spiro atoms. The van der Waals surface area contributed by atoms with Crippen molar-refractivity contribution in [3.63, 3.8) is 0 Å². The SMILES string of the molecule is C#CC#CC#CC#CC#CC#CC(=O)O.[HH].[HH].[HH].[HH].[HH].[HH].[HH].[HH].[HH].[HH]. The van der Waals surface area contributed by atoms with Crippen LogP contribution in [0, 0.1) is 71.5 Å². The fourth-order valence-electron chi connectivity index (χ4n) is 0.340. The Labute approximate surface area is 103 Å². The van der Waals surface area contributed by atoms with Gasteiger partial charge in [0.2, 0.25) is 0 Å². The maximum Gasteiger partial charge on any atom is 0.382 e. The minimum absolute atomic E-state index is 0. The van der Waals surface area contributed by atoms with E-state index >= 15 is 0 Å². The van der Waals surface area contributed by atoms with E-state index in [4.69, 9.17) is 11.5 Å². The van der Waals surface area contributed by atoms with Crippen molar-refractivity contribution in [2.45, 2.75) is 0 Å². The highest BCUT2D eigenvalue weighted by Crippen LogP contribution is 1.58. The Hall–Kier alpha value is -3.17. The zero-order valence-corrected chi connectivity index (χ0v) is 7.43. The molecule has 0 bridgehead atoms. The van der Waals surface area contributed by atoms with Gasteiger partial charge in [-0.2, -0.15) is 0 Å². The van der Waals surface area contributed by atoms with E-state index in [1.807, 2.05) is 5.92 Å². The van der Waals surface area contributed by atoms with Crippen molar-refractivity contribution >= 4 is 5.97 Å². The molecule has 0 fully saturated rings. The zero-order chi connectivity index (χ0) is 11.4. The van der Waals surface area contributed by atoms with Gasteiger partial charge in [0.05, 0.1) is 0 Å². The fourth-order valence-corrected chi connectivity index (χ4v) is 0.340. The fraction of sp³-hybridized carbons (Fsp3) is 0. The van der Waals surface area contributed by atoms with E-state index < -0.39 is 5.97 Å². The Morgan fingerprint density at radius 1 is 0.867 bits per heavy atom. The van der Waals surface area contributed by atoms with E-state index in [1.54, 1.807) is 0 Å². The molecule has 0 aliphatic rings. The molecule has 0 saturated carbocycles. The second-order valence-corrected chi connectivity index (χ2v) is 1.70. The van der Waals surface area contributed by atoms with Gasteiger partial charge in [0, 0.05) is 20.2 Å². The standard InChI is InChI=1S/C13H2O2.10H2/c1-2-3-4-5-6-7-8-9-10-11-12-13(14)15;;;;;;;;;;/h1H,(H,14,15);10*1H. The maximum atomic E-state index is 9.90. The summed E-state index contributed by atoms with van der Waals surface area (Å²) in [4.78, 5) is 9.90. The summed E-state index contributed by atoms with van der Waals surface area (Å²) in [5, 5.41) is 8.11. The van der Waals surface area contributed by atoms with Gasteiger partial charge in [-0.05, 0) is 59.2 Å². The number of carbonyl (C=O) groups is 1.